The van der Waals surface area contributed by atoms with Crippen LogP contribution >= 0.6 is 11.3 Å². The van der Waals surface area contributed by atoms with Crippen LogP contribution in [-0.2, 0) is 9.84 Å². The van der Waals surface area contributed by atoms with Gasteiger partial charge in [0.2, 0.25) is 15.6 Å². The monoisotopic (exact) mass is 492 g/mol. The van der Waals surface area contributed by atoms with Crippen LogP contribution in [0.1, 0.15) is 26.4 Å². The fraction of sp³-hybridized carbons (Fsp3) is 0.115. The summed E-state index contributed by atoms with van der Waals surface area (Å²) in [5.74, 6) is 0.203. The second-order valence-electron chi connectivity index (χ2n) is 7.82. The first-order chi connectivity index (χ1) is 16.2. The van der Waals surface area contributed by atoms with Crippen molar-refractivity contribution < 1.29 is 17.9 Å². The molecule has 0 spiro atoms. The molecule has 8 heteroatoms. The smallest absolute Gasteiger partial charge is 0.211 e. The number of nitrogens with two attached hydrogens (primary N) is 1. The van der Waals surface area contributed by atoms with E-state index in [0.717, 1.165) is 28.2 Å². The predicted molar refractivity (Wildman–Crippen MR) is 136 cm³/mol. The molecule has 4 aromatic rings. The lowest BCUT2D eigenvalue weighted by atomic mass is 10.1. The zero-order valence-electron chi connectivity index (χ0n) is 19.0. The molecule has 0 atom stereocenters. The number of ketones is 1. The van der Waals surface area contributed by atoms with Crippen LogP contribution in [0.4, 0.5) is 16.4 Å². The SMILES string of the molecule is COc1ccc(S(=O)(=O)c2c(Nc3ccc(C)cc3C)sc(C(=O)c3ccccc3)c2N)cc1. The Hall–Kier alpha value is -3.62. The number of anilines is 3. The molecule has 1 aromatic heterocycles. The van der Waals surface area contributed by atoms with Gasteiger partial charge in [0.25, 0.3) is 0 Å². The number of thiophene rings is 1. The lowest BCUT2D eigenvalue weighted by Gasteiger charge is -2.12. The number of rotatable bonds is 7. The Bertz CT molecular complexity index is 1460. The summed E-state index contributed by atoms with van der Waals surface area (Å²) >= 11 is 1.04. The second-order valence-corrected chi connectivity index (χ2v) is 10.7. The van der Waals surface area contributed by atoms with Crippen molar-refractivity contribution in [3.63, 3.8) is 0 Å². The standard InChI is InChI=1S/C26H24N2O4S2/c1-16-9-14-21(17(2)15-16)28-26-25(34(30,31)20-12-10-19(32-3)11-13-20)22(27)24(33-26)23(29)18-7-5-4-6-8-18/h4-15,28H,27H2,1-3H3. The molecule has 0 bridgehead atoms. The number of nitrogen functional groups attached to an aromatic ring is 1. The van der Waals surface area contributed by atoms with E-state index in [1.807, 2.05) is 32.0 Å². The number of ether oxygens (including phenoxy) is 1. The molecule has 0 unspecified atom stereocenters. The Kier molecular flexibility index (Phi) is 6.45. The summed E-state index contributed by atoms with van der Waals surface area (Å²) in [4.78, 5) is 13.4. The topological polar surface area (TPSA) is 98.5 Å². The van der Waals surface area contributed by atoms with Crippen LogP contribution in [0.3, 0.4) is 0 Å². The normalized spacial score (nSPS) is 11.3. The van der Waals surface area contributed by atoms with Crippen molar-refractivity contribution in [1.82, 2.24) is 0 Å². The molecule has 6 nitrogen and oxygen atoms in total. The fourth-order valence-corrected chi connectivity index (χ4v) is 6.54. The van der Waals surface area contributed by atoms with E-state index >= 15 is 0 Å². The van der Waals surface area contributed by atoms with E-state index in [0.29, 0.717) is 16.3 Å². The maximum Gasteiger partial charge on any atom is 0.211 e. The third-order valence-corrected chi connectivity index (χ3v) is 8.51. The number of methoxy groups -OCH3 is 1. The van der Waals surface area contributed by atoms with E-state index < -0.39 is 9.84 Å². The van der Waals surface area contributed by atoms with Crippen LogP contribution in [-0.4, -0.2) is 21.3 Å². The van der Waals surface area contributed by atoms with Gasteiger partial charge in [0, 0.05) is 11.3 Å². The highest BCUT2D eigenvalue weighted by Gasteiger charge is 2.32. The molecule has 0 saturated carbocycles. The first-order valence-corrected chi connectivity index (χ1v) is 12.8. The number of aryl methyl sites for hydroxylation is 2. The first-order valence-electron chi connectivity index (χ1n) is 10.5. The summed E-state index contributed by atoms with van der Waals surface area (Å²) in [7, 11) is -2.54. The fourth-order valence-electron chi connectivity index (χ4n) is 3.62. The van der Waals surface area contributed by atoms with Gasteiger partial charge in [-0.05, 0) is 49.7 Å². The molecule has 3 N–H and O–H groups in total. The zero-order valence-corrected chi connectivity index (χ0v) is 20.6. The van der Waals surface area contributed by atoms with Crippen molar-refractivity contribution in [3.8, 4) is 5.75 Å². The minimum Gasteiger partial charge on any atom is -0.497 e. The Labute approximate surface area is 202 Å². The van der Waals surface area contributed by atoms with Crippen molar-refractivity contribution in [1.29, 1.82) is 0 Å². The third-order valence-electron chi connectivity index (χ3n) is 5.41. The first kappa shape index (κ1) is 23.5. The van der Waals surface area contributed by atoms with Gasteiger partial charge in [0.05, 0.1) is 17.7 Å². The van der Waals surface area contributed by atoms with Gasteiger partial charge in [-0.2, -0.15) is 0 Å². The summed E-state index contributed by atoms with van der Waals surface area (Å²) in [5, 5.41) is 3.51. The molecule has 0 aliphatic rings. The van der Waals surface area contributed by atoms with Gasteiger partial charge in [-0.25, -0.2) is 8.42 Å². The number of sulfone groups is 1. The Morgan fingerprint density at radius 2 is 1.65 bits per heavy atom. The van der Waals surface area contributed by atoms with Crippen LogP contribution in [0.25, 0.3) is 0 Å². The largest absolute Gasteiger partial charge is 0.497 e. The number of carbonyl (C=O) groups is 1. The molecule has 1 heterocycles. The van der Waals surface area contributed by atoms with E-state index in [1.165, 1.54) is 19.2 Å². The van der Waals surface area contributed by atoms with Gasteiger partial charge in [-0.3, -0.25) is 4.79 Å². The minimum absolute atomic E-state index is 0.0557. The van der Waals surface area contributed by atoms with Crippen LogP contribution < -0.4 is 15.8 Å². The number of benzene rings is 3. The molecular formula is C26H24N2O4S2. The Balaban J connectivity index is 1.89. The van der Waals surface area contributed by atoms with E-state index in [1.54, 1.807) is 42.5 Å². The molecule has 0 fully saturated rings. The van der Waals surface area contributed by atoms with Gasteiger partial charge in [0.1, 0.15) is 20.5 Å². The van der Waals surface area contributed by atoms with Gasteiger partial charge in [0.15, 0.2) is 0 Å². The number of hydrogen-bond acceptors (Lipinski definition) is 7. The molecular weight excluding hydrogens is 468 g/mol. The average molecular weight is 493 g/mol. The molecule has 0 aliphatic heterocycles. The highest BCUT2D eigenvalue weighted by atomic mass is 32.2. The van der Waals surface area contributed by atoms with Crippen LogP contribution in [0.15, 0.2) is 82.6 Å². The quantitative estimate of drug-likeness (QED) is 0.318. The molecule has 4 rings (SSSR count). The summed E-state index contributed by atoms with van der Waals surface area (Å²) in [6.45, 7) is 3.91. The number of hydrogen-bond donors (Lipinski definition) is 2. The molecule has 0 aliphatic carbocycles. The summed E-state index contributed by atoms with van der Waals surface area (Å²) in [5.41, 5.74) is 9.50. The Morgan fingerprint density at radius 1 is 0.971 bits per heavy atom. The molecule has 3 aromatic carbocycles. The van der Waals surface area contributed by atoms with Crippen LogP contribution in [0, 0.1) is 13.8 Å². The number of nitrogens with one attached hydrogen (secondary N) is 1. The lowest BCUT2D eigenvalue weighted by molar-refractivity contribution is 0.104. The summed E-state index contributed by atoms with van der Waals surface area (Å²) in [6.07, 6.45) is 0. The van der Waals surface area contributed by atoms with Crippen molar-refractivity contribution in [2.24, 2.45) is 0 Å². The number of carbonyl (C=O) groups excluding carboxylic acids is 1. The maximum atomic E-state index is 13.7. The zero-order chi connectivity index (χ0) is 24.5. The van der Waals surface area contributed by atoms with Gasteiger partial charge in [-0.1, -0.05) is 48.0 Å². The van der Waals surface area contributed by atoms with Crippen molar-refractivity contribution in [2.75, 3.05) is 18.2 Å². The summed E-state index contributed by atoms with van der Waals surface area (Å²) in [6, 6.07) is 20.5. The van der Waals surface area contributed by atoms with Crippen molar-refractivity contribution >= 4 is 43.3 Å². The van der Waals surface area contributed by atoms with Crippen molar-refractivity contribution in [3.05, 3.63) is 94.4 Å². The van der Waals surface area contributed by atoms with E-state index in [4.69, 9.17) is 10.5 Å². The lowest BCUT2D eigenvalue weighted by Crippen LogP contribution is -2.08. The van der Waals surface area contributed by atoms with Gasteiger partial charge < -0.3 is 15.8 Å². The predicted octanol–water partition coefficient (Wildman–Crippen LogP) is 5.76. The average Bonchev–Trinajstić information content (AvgIpc) is 3.17. The van der Waals surface area contributed by atoms with Crippen molar-refractivity contribution in [2.45, 2.75) is 23.6 Å². The molecule has 174 valence electrons. The van der Waals surface area contributed by atoms with E-state index in [9.17, 15) is 13.2 Å². The van der Waals surface area contributed by atoms with Gasteiger partial charge >= 0.3 is 0 Å². The molecule has 34 heavy (non-hydrogen) atoms. The Morgan fingerprint density at radius 3 is 2.26 bits per heavy atom. The summed E-state index contributed by atoms with van der Waals surface area (Å²) < 4.78 is 32.6. The highest BCUT2D eigenvalue weighted by Crippen LogP contribution is 2.44. The van der Waals surface area contributed by atoms with Crippen LogP contribution in [0.5, 0.6) is 5.75 Å². The highest BCUT2D eigenvalue weighted by molar-refractivity contribution is 7.92. The maximum absolute atomic E-state index is 13.7. The third kappa shape index (κ3) is 4.42. The molecule has 0 saturated heterocycles. The molecule has 0 radical (unpaired) electrons. The van der Waals surface area contributed by atoms with Crippen LogP contribution in [0.2, 0.25) is 0 Å². The van der Waals surface area contributed by atoms with E-state index in [-0.39, 0.29) is 26.1 Å². The molecule has 0 amide bonds. The van der Waals surface area contributed by atoms with E-state index in [2.05, 4.69) is 5.32 Å². The van der Waals surface area contributed by atoms with Gasteiger partial charge in [-0.15, -0.1) is 11.3 Å². The minimum atomic E-state index is -4.05. The second kappa shape index (κ2) is 9.32.